The predicted octanol–water partition coefficient (Wildman–Crippen LogP) is 2.90. The van der Waals surface area contributed by atoms with Crippen LogP contribution < -0.4 is 0 Å². The molecule has 0 unspecified atom stereocenters. The molecule has 0 saturated carbocycles. The molecule has 2 atom stereocenters. The zero-order valence-electron chi connectivity index (χ0n) is 9.66. The molecule has 15 heavy (non-hydrogen) atoms. The molecule has 0 bridgehead atoms. The van der Waals surface area contributed by atoms with E-state index in [0.29, 0.717) is 0 Å². The predicted molar refractivity (Wildman–Crippen MR) is 63.6 cm³/mol. The molecule has 0 aromatic heterocycles. The van der Waals surface area contributed by atoms with Gasteiger partial charge in [-0.25, -0.2) is 0 Å². The molecular weight excluding hydrogens is 184 g/mol. The van der Waals surface area contributed by atoms with Gasteiger partial charge in [-0.1, -0.05) is 36.3 Å². The molecule has 0 saturated heterocycles. The van der Waals surface area contributed by atoms with Crippen molar-refractivity contribution < 1.29 is 4.74 Å². The van der Waals surface area contributed by atoms with Crippen molar-refractivity contribution in [2.24, 2.45) is 5.92 Å². The Bertz CT molecular complexity index is 331. The van der Waals surface area contributed by atoms with Crippen LogP contribution in [0.15, 0.2) is 30.3 Å². The summed E-state index contributed by atoms with van der Waals surface area (Å²) in [6, 6.07) is 10.4. The van der Waals surface area contributed by atoms with Crippen molar-refractivity contribution in [1.29, 1.82) is 0 Å². The van der Waals surface area contributed by atoms with Gasteiger partial charge in [0.15, 0.2) is 0 Å². The number of ether oxygens (including phenoxy) is 1. The number of benzene rings is 1. The molecule has 0 aliphatic heterocycles. The Morgan fingerprint density at radius 2 is 1.93 bits per heavy atom. The fourth-order valence-electron chi connectivity index (χ4n) is 1.63. The highest BCUT2D eigenvalue weighted by Gasteiger charge is 2.14. The maximum atomic E-state index is 5.47. The summed E-state index contributed by atoms with van der Waals surface area (Å²) < 4.78 is 5.47. The van der Waals surface area contributed by atoms with Crippen molar-refractivity contribution in [3.8, 4) is 11.8 Å². The molecule has 0 aliphatic rings. The highest BCUT2D eigenvalue weighted by Crippen LogP contribution is 2.12. The summed E-state index contributed by atoms with van der Waals surface area (Å²) in [5, 5.41) is 0. The van der Waals surface area contributed by atoms with Crippen LogP contribution in [0, 0.1) is 17.8 Å². The summed E-state index contributed by atoms with van der Waals surface area (Å²) in [7, 11) is 1.75. The van der Waals surface area contributed by atoms with E-state index in [4.69, 9.17) is 4.74 Å². The average Bonchev–Trinajstić information content (AvgIpc) is 2.27. The van der Waals surface area contributed by atoms with E-state index in [0.717, 1.165) is 6.42 Å². The molecular formula is C14H18O. The van der Waals surface area contributed by atoms with Gasteiger partial charge in [0.05, 0.1) is 6.10 Å². The van der Waals surface area contributed by atoms with E-state index in [1.54, 1.807) is 7.11 Å². The SMILES string of the molecule is CC#C[C@@H](C)[C@H](Cc1ccccc1)OC. The molecule has 0 spiro atoms. The van der Waals surface area contributed by atoms with Crippen molar-refractivity contribution in [2.75, 3.05) is 7.11 Å². The summed E-state index contributed by atoms with van der Waals surface area (Å²) in [4.78, 5) is 0. The van der Waals surface area contributed by atoms with Gasteiger partial charge >= 0.3 is 0 Å². The first-order valence-corrected chi connectivity index (χ1v) is 5.27. The van der Waals surface area contributed by atoms with Crippen LogP contribution in [-0.4, -0.2) is 13.2 Å². The molecule has 0 radical (unpaired) electrons. The molecule has 1 aromatic carbocycles. The van der Waals surface area contributed by atoms with Gasteiger partial charge in [0.2, 0.25) is 0 Å². The lowest BCUT2D eigenvalue weighted by molar-refractivity contribution is 0.0775. The minimum atomic E-state index is 0.180. The van der Waals surface area contributed by atoms with Gasteiger partial charge < -0.3 is 4.74 Å². The fraction of sp³-hybridized carbons (Fsp3) is 0.429. The Labute approximate surface area is 92.5 Å². The second-order valence-electron chi connectivity index (χ2n) is 3.65. The van der Waals surface area contributed by atoms with E-state index in [2.05, 4.69) is 43.0 Å². The maximum Gasteiger partial charge on any atom is 0.0746 e. The molecule has 0 fully saturated rings. The van der Waals surface area contributed by atoms with Crippen LogP contribution in [0.1, 0.15) is 19.4 Å². The van der Waals surface area contributed by atoms with Gasteiger partial charge in [-0.2, -0.15) is 0 Å². The molecule has 0 amide bonds. The molecule has 0 heterocycles. The van der Waals surface area contributed by atoms with Crippen molar-refractivity contribution in [3.63, 3.8) is 0 Å². The Kier molecular flexibility index (Phi) is 4.93. The fourth-order valence-corrected chi connectivity index (χ4v) is 1.63. The molecule has 1 nitrogen and oxygen atoms in total. The lowest BCUT2D eigenvalue weighted by Gasteiger charge is -2.18. The maximum absolute atomic E-state index is 5.47. The molecule has 0 N–H and O–H groups in total. The number of hydrogen-bond donors (Lipinski definition) is 0. The quantitative estimate of drug-likeness (QED) is 0.682. The summed E-state index contributed by atoms with van der Waals surface area (Å²) in [5.74, 6) is 6.36. The minimum Gasteiger partial charge on any atom is -0.380 e. The van der Waals surface area contributed by atoms with Crippen LogP contribution in [0.2, 0.25) is 0 Å². The zero-order chi connectivity index (χ0) is 11.1. The molecule has 80 valence electrons. The molecule has 1 heteroatoms. The van der Waals surface area contributed by atoms with Crippen molar-refractivity contribution in [3.05, 3.63) is 35.9 Å². The highest BCUT2D eigenvalue weighted by molar-refractivity contribution is 5.16. The Morgan fingerprint density at radius 3 is 2.47 bits per heavy atom. The van der Waals surface area contributed by atoms with Crippen LogP contribution in [0.3, 0.4) is 0 Å². The van der Waals surface area contributed by atoms with Crippen molar-refractivity contribution >= 4 is 0 Å². The standard InChI is InChI=1S/C14H18O/c1-4-8-12(2)14(15-3)11-13-9-6-5-7-10-13/h5-7,9-10,12,14H,11H2,1-3H3/t12-,14+/m1/s1. The van der Waals surface area contributed by atoms with Gasteiger partial charge in [-0.3, -0.25) is 0 Å². The first-order chi connectivity index (χ1) is 7.27. The van der Waals surface area contributed by atoms with E-state index in [1.807, 2.05) is 13.0 Å². The third kappa shape index (κ3) is 3.77. The van der Waals surface area contributed by atoms with E-state index in [9.17, 15) is 0 Å². The van der Waals surface area contributed by atoms with E-state index < -0.39 is 0 Å². The van der Waals surface area contributed by atoms with Gasteiger partial charge in [-0.15, -0.1) is 5.92 Å². The summed E-state index contributed by atoms with van der Waals surface area (Å²) in [5.41, 5.74) is 1.30. The second-order valence-corrected chi connectivity index (χ2v) is 3.65. The van der Waals surface area contributed by atoms with E-state index in [-0.39, 0.29) is 12.0 Å². The number of rotatable bonds is 4. The molecule has 1 aromatic rings. The van der Waals surface area contributed by atoms with Crippen LogP contribution in [0.25, 0.3) is 0 Å². The smallest absolute Gasteiger partial charge is 0.0746 e. The second kappa shape index (κ2) is 6.27. The molecule has 0 aliphatic carbocycles. The summed E-state index contributed by atoms with van der Waals surface area (Å²) >= 11 is 0. The first-order valence-electron chi connectivity index (χ1n) is 5.27. The Morgan fingerprint density at radius 1 is 1.27 bits per heavy atom. The van der Waals surface area contributed by atoms with Crippen LogP contribution in [0.4, 0.5) is 0 Å². The highest BCUT2D eigenvalue weighted by atomic mass is 16.5. The first kappa shape index (κ1) is 11.8. The van der Waals surface area contributed by atoms with Crippen molar-refractivity contribution in [2.45, 2.75) is 26.4 Å². The lowest BCUT2D eigenvalue weighted by atomic mass is 9.98. The Hall–Kier alpha value is -1.26. The van der Waals surface area contributed by atoms with E-state index >= 15 is 0 Å². The summed E-state index contributed by atoms with van der Waals surface area (Å²) in [6.45, 7) is 3.97. The van der Waals surface area contributed by atoms with Crippen LogP contribution in [0.5, 0.6) is 0 Å². The van der Waals surface area contributed by atoms with Crippen LogP contribution >= 0.6 is 0 Å². The van der Waals surface area contributed by atoms with Crippen LogP contribution in [-0.2, 0) is 11.2 Å². The largest absolute Gasteiger partial charge is 0.380 e. The third-order valence-electron chi connectivity index (χ3n) is 2.51. The Balaban J connectivity index is 2.64. The van der Waals surface area contributed by atoms with E-state index in [1.165, 1.54) is 5.56 Å². The van der Waals surface area contributed by atoms with Gasteiger partial charge in [0.1, 0.15) is 0 Å². The minimum absolute atomic E-state index is 0.180. The lowest BCUT2D eigenvalue weighted by Crippen LogP contribution is -2.21. The topological polar surface area (TPSA) is 9.23 Å². The monoisotopic (exact) mass is 202 g/mol. The number of methoxy groups -OCH3 is 1. The van der Waals surface area contributed by atoms with Gasteiger partial charge in [-0.05, 0) is 25.8 Å². The third-order valence-corrected chi connectivity index (χ3v) is 2.51. The van der Waals surface area contributed by atoms with Gasteiger partial charge in [0, 0.05) is 13.0 Å². The molecule has 1 rings (SSSR count). The zero-order valence-corrected chi connectivity index (χ0v) is 9.66. The average molecular weight is 202 g/mol. The van der Waals surface area contributed by atoms with Crippen molar-refractivity contribution in [1.82, 2.24) is 0 Å². The number of hydrogen-bond acceptors (Lipinski definition) is 1. The van der Waals surface area contributed by atoms with Gasteiger partial charge in [0.25, 0.3) is 0 Å². The summed E-state index contributed by atoms with van der Waals surface area (Å²) in [6.07, 6.45) is 1.10. The normalized spacial score (nSPS) is 13.8.